The van der Waals surface area contributed by atoms with E-state index in [1.807, 2.05) is 50.4 Å². The van der Waals surface area contributed by atoms with E-state index in [-0.39, 0.29) is 18.1 Å². The molecule has 0 unspecified atom stereocenters. The molecule has 3 nitrogen and oxygen atoms in total. The van der Waals surface area contributed by atoms with Gasteiger partial charge in [0.2, 0.25) is 5.91 Å². The van der Waals surface area contributed by atoms with E-state index in [9.17, 15) is 9.59 Å². The first-order valence-electron chi connectivity index (χ1n) is 6.57. The summed E-state index contributed by atoms with van der Waals surface area (Å²) in [4.78, 5) is 24.7. The number of ketones is 1. The number of rotatable bonds is 6. The van der Waals surface area contributed by atoms with Crippen LogP contribution in [0.2, 0.25) is 0 Å². The molecule has 0 aromatic heterocycles. The van der Waals surface area contributed by atoms with E-state index in [1.165, 1.54) is 6.92 Å². The van der Waals surface area contributed by atoms with E-state index >= 15 is 0 Å². The number of hydrogen-bond acceptors (Lipinski definition) is 2. The molecule has 102 valence electrons. The van der Waals surface area contributed by atoms with E-state index in [0.717, 1.165) is 17.6 Å². The molecule has 0 aliphatic rings. The molecule has 19 heavy (non-hydrogen) atoms. The smallest absolute Gasteiger partial charge is 0.233 e. The number of nitrogens with zero attached hydrogens (tertiary/aromatic N) is 1. The second-order valence-corrected chi connectivity index (χ2v) is 4.64. The van der Waals surface area contributed by atoms with Gasteiger partial charge in [-0.3, -0.25) is 9.59 Å². The van der Waals surface area contributed by atoms with E-state index in [2.05, 4.69) is 0 Å². The van der Waals surface area contributed by atoms with Crippen molar-refractivity contribution in [3.8, 4) is 0 Å². The fraction of sp³-hybridized carbons (Fsp3) is 0.375. The minimum atomic E-state index is -0.135. The minimum absolute atomic E-state index is 0.0292. The lowest BCUT2D eigenvalue weighted by Gasteiger charge is -2.18. The Hall–Kier alpha value is -1.90. The van der Waals surface area contributed by atoms with Gasteiger partial charge in [0.15, 0.2) is 0 Å². The second kappa shape index (κ2) is 7.52. The van der Waals surface area contributed by atoms with Crippen molar-refractivity contribution in [3.63, 3.8) is 0 Å². The van der Waals surface area contributed by atoms with Crippen LogP contribution >= 0.6 is 0 Å². The Morgan fingerprint density at radius 1 is 1.16 bits per heavy atom. The zero-order chi connectivity index (χ0) is 14.3. The fourth-order valence-electron chi connectivity index (χ4n) is 1.83. The number of carbonyl (C=O) groups excluding carboxylic acids is 2. The number of benzene rings is 1. The van der Waals surface area contributed by atoms with Crippen molar-refractivity contribution in [2.45, 2.75) is 33.6 Å². The van der Waals surface area contributed by atoms with Crippen molar-refractivity contribution in [1.29, 1.82) is 0 Å². The Bertz CT molecular complexity index is 463. The van der Waals surface area contributed by atoms with Gasteiger partial charge >= 0.3 is 0 Å². The maximum Gasteiger partial charge on any atom is 0.233 e. The molecule has 1 amide bonds. The van der Waals surface area contributed by atoms with E-state index in [1.54, 1.807) is 4.90 Å². The van der Waals surface area contributed by atoms with Gasteiger partial charge in [-0.2, -0.15) is 0 Å². The highest BCUT2D eigenvalue weighted by molar-refractivity contribution is 5.97. The normalized spacial score (nSPS) is 11.2. The summed E-state index contributed by atoms with van der Waals surface area (Å²) in [5, 5.41) is 0. The first kappa shape index (κ1) is 15.2. The molecule has 0 fully saturated rings. The summed E-state index contributed by atoms with van der Waals surface area (Å²) in [5.41, 5.74) is 2.10. The molecule has 0 aliphatic heterocycles. The molecule has 0 aliphatic carbocycles. The van der Waals surface area contributed by atoms with Crippen LogP contribution in [0.1, 0.15) is 39.2 Å². The van der Waals surface area contributed by atoms with Crippen LogP contribution in [0.4, 0.5) is 0 Å². The van der Waals surface area contributed by atoms with E-state index in [0.29, 0.717) is 6.54 Å². The Morgan fingerprint density at radius 3 is 2.32 bits per heavy atom. The number of carbonyl (C=O) groups is 2. The molecule has 0 N–H and O–H groups in total. The quantitative estimate of drug-likeness (QED) is 0.735. The Morgan fingerprint density at radius 2 is 1.79 bits per heavy atom. The fourth-order valence-corrected chi connectivity index (χ4v) is 1.83. The third-order valence-corrected chi connectivity index (χ3v) is 2.76. The summed E-state index contributed by atoms with van der Waals surface area (Å²) in [7, 11) is 0. The molecule has 1 aromatic rings. The molecule has 1 rings (SSSR count). The van der Waals surface area contributed by atoms with Gasteiger partial charge < -0.3 is 4.90 Å². The van der Waals surface area contributed by atoms with Crippen molar-refractivity contribution in [2.24, 2.45) is 0 Å². The van der Waals surface area contributed by atoms with Gasteiger partial charge in [-0.25, -0.2) is 0 Å². The largest absolute Gasteiger partial charge is 0.318 e. The highest BCUT2D eigenvalue weighted by Gasteiger charge is 2.13. The molecule has 3 heteroatoms. The van der Waals surface area contributed by atoms with Gasteiger partial charge in [0.25, 0.3) is 0 Å². The van der Waals surface area contributed by atoms with Crippen molar-refractivity contribution in [2.75, 3.05) is 6.54 Å². The van der Waals surface area contributed by atoms with Crippen molar-refractivity contribution in [1.82, 2.24) is 4.90 Å². The van der Waals surface area contributed by atoms with Crippen molar-refractivity contribution < 1.29 is 9.59 Å². The van der Waals surface area contributed by atoms with Gasteiger partial charge in [-0.1, -0.05) is 37.3 Å². The summed E-state index contributed by atoms with van der Waals surface area (Å²) in [6, 6.07) is 9.90. The van der Waals surface area contributed by atoms with Gasteiger partial charge in [0.1, 0.15) is 5.78 Å². The zero-order valence-corrected chi connectivity index (χ0v) is 11.8. The molecule has 0 spiro atoms. The first-order chi connectivity index (χ1) is 9.04. The lowest BCUT2D eigenvalue weighted by molar-refractivity contribution is -0.132. The van der Waals surface area contributed by atoms with Crippen LogP contribution in [-0.2, 0) is 9.59 Å². The summed E-state index contributed by atoms with van der Waals surface area (Å²) in [6.45, 7) is 6.06. The van der Waals surface area contributed by atoms with Crippen molar-refractivity contribution in [3.05, 3.63) is 42.1 Å². The standard InChI is InChI=1S/C16H21NO2/c1-4-10-17(16(19)11-14(3)18)12-13(2)15-8-6-5-7-9-15/h5-9,12H,4,10-11H2,1-3H3/b13-12-. The van der Waals surface area contributed by atoms with Crippen LogP contribution in [-0.4, -0.2) is 23.1 Å². The molecule has 0 heterocycles. The van der Waals surface area contributed by atoms with Crippen LogP contribution in [0.25, 0.3) is 5.57 Å². The monoisotopic (exact) mass is 259 g/mol. The summed E-state index contributed by atoms with van der Waals surface area (Å²) < 4.78 is 0. The predicted octanol–water partition coefficient (Wildman–Crippen LogP) is 3.27. The average Bonchev–Trinajstić information content (AvgIpc) is 2.38. The molecule has 0 saturated heterocycles. The summed E-state index contributed by atoms with van der Waals surface area (Å²) in [5.74, 6) is -0.235. The summed E-state index contributed by atoms with van der Waals surface area (Å²) >= 11 is 0. The number of hydrogen-bond donors (Lipinski definition) is 0. The number of Topliss-reactive ketones (excluding diaryl/α,β-unsaturated/α-hetero) is 1. The Kier molecular flexibility index (Phi) is 6.00. The zero-order valence-electron chi connectivity index (χ0n) is 11.8. The summed E-state index contributed by atoms with van der Waals surface area (Å²) in [6.07, 6.45) is 2.67. The Labute approximate surface area is 114 Å². The van der Waals surface area contributed by atoms with Crippen LogP contribution < -0.4 is 0 Å². The number of amides is 1. The third kappa shape index (κ3) is 5.08. The van der Waals surface area contributed by atoms with Gasteiger partial charge in [-0.15, -0.1) is 0 Å². The third-order valence-electron chi connectivity index (χ3n) is 2.76. The van der Waals surface area contributed by atoms with Gasteiger partial charge in [0.05, 0.1) is 6.42 Å². The van der Waals surface area contributed by atoms with Crippen LogP contribution in [0.5, 0.6) is 0 Å². The molecule has 0 atom stereocenters. The lowest BCUT2D eigenvalue weighted by Crippen LogP contribution is -2.28. The van der Waals surface area contributed by atoms with Gasteiger partial charge in [0, 0.05) is 12.7 Å². The van der Waals surface area contributed by atoms with Crippen LogP contribution in [0.3, 0.4) is 0 Å². The molecule has 0 radical (unpaired) electrons. The van der Waals surface area contributed by atoms with Crippen LogP contribution in [0.15, 0.2) is 36.5 Å². The average molecular weight is 259 g/mol. The maximum absolute atomic E-state index is 12.0. The second-order valence-electron chi connectivity index (χ2n) is 4.64. The van der Waals surface area contributed by atoms with Gasteiger partial charge in [-0.05, 0) is 31.4 Å². The highest BCUT2D eigenvalue weighted by Crippen LogP contribution is 2.14. The number of allylic oxidation sites excluding steroid dienone is 1. The molecule has 0 bridgehead atoms. The molecular formula is C16H21NO2. The Balaban J connectivity index is 2.88. The maximum atomic E-state index is 12.0. The van der Waals surface area contributed by atoms with E-state index in [4.69, 9.17) is 0 Å². The molecule has 0 saturated carbocycles. The van der Waals surface area contributed by atoms with Crippen LogP contribution in [0, 0.1) is 0 Å². The predicted molar refractivity (Wildman–Crippen MR) is 77.4 cm³/mol. The highest BCUT2D eigenvalue weighted by atomic mass is 16.2. The SMILES string of the molecule is CCCN(/C=C(/C)c1ccccc1)C(=O)CC(C)=O. The lowest BCUT2D eigenvalue weighted by atomic mass is 10.1. The minimum Gasteiger partial charge on any atom is -0.318 e. The topological polar surface area (TPSA) is 37.4 Å². The first-order valence-corrected chi connectivity index (χ1v) is 6.57. The van der Waals surface area contributed by atoms with Crippen molar-refractivity contribution >= 4 is 17.3 Å². The molecular weight excluding hydrogens is 238 g/mol. The van der Waals surface area contributed by atoms with E-state index < -0.39 is 0 Å². The molecule has 1 aromatic carbocycles.